The fourth-order valence-corrected chi connectivity index (χ4v) is 1.93. The van der Waals surface area contributed by atoms with Crippen LogP contribution in [0.5, 0.6) is 0 Å². The molecule has 1 N–H and O–H groups in total. The summed E-state index contributed by atoms with van der Waals surface area (Å²) in [7, 11) is 1.88. The second-order valence-electron chi connectivity index (χ2n) is 4.93. The summed E-state index contributed by atoms with van der Waals surface area (Å²) in [4.78, 5) is 14.6. The molecule has 0 aliphatic heterocycles. The molecule has 0 saturated carbocycles. The number of likely N-dealkylation sites (N-methyl/N-ethyl adjacent to an activating group) is 1. The van der Waals surface area contributed by atoms with Crippen molar-refractivity contribution in [2.75, 3.05) is 7.05 Å². The van der Waals surface area contributed by atoms with Crippen LogP contribution >= 0.6 is 12.4 Å². The smallest absolute Gasteiger partial charge is 0.269 e. The number of nitrogens with one attached hydrogen (secondary N) is 1. The van der Waals surface area contributed by atoms with Crippen LogP contribution < -0.4 is 5.32 Å². The molecule has 7 nitrogen and oxygen atoms in total. The van der Waals surface area contributed by atoms with E-state index in [1.165, 1.54) is 6.07 Å². The van der Waals surface area contributed by atoms with Gasteiger partial charge in [0.2, 0.25) is 5.89 Å². The number of nitro benzene ring substituents is 1. The summed E-state index contributed by atoms with van der Waals surface area (Å²) in [6.45, 7) is 2.04. The standard InChI is InChI=1S/C14H18N4O3.ClH/c1-10(15-2)8-13-16-14(21-17-13)7-6-11-4-3-5-12(9-11)18(19)20;/h3-5,9-10,15H,6-8H2,1-2H3;1H. The molecule has 120 valence electrons. The Morgan fingerprint density at radius 2 is 2.18 bits per heavy atom. The van der Waals surface area contributed by atoms with Crippen molar-refractivity contribution in [1.82, 2.24) is 15.5 Å². The van der Waals surface area contributed by atoms with Crippen molar-refractivity contribution in [1.29, 1.82) is 0 Å². The van der Waals surface area contributed by atoms with E-state index < -0.39 is 4.92 Å². The van der Waals surface area contributed by atoms with Gasteiger partial charge in [0.1, 0.15) is 0 Å². The third-order valence-electron chi connectivity index (χ3n) is 3.24. The molecule has 2 rings (SSSR count). The molecule has 1 unspecified atom stereocenters. The summed E-state index contributed by atoms with van der Waals surface area (Å²) >= 11 is 0. The van der Waals surface area contributed by atoms with Gasteiger partial charge >= 0.3 is 0 Å². The Morgan fingerprint density at radius 3 is 2.86 bits per heavy atom. The van der Waals surface area contributed by atoms with E-state index in [2.05, 4.69) is 15.5 Å². The van der Waals surface area contributed by atoms with Crippen LogP contribution in [0.25, 0.3) is 0 Å². The van der Waals surface area contributed by atoms with Crippen LogP contribution in [0.15, 0.2) is 28.8 Å². The molecule has 0 fully saturated rings. The van der Waals surface area contributed by atoms with E-state index >= 15 is 0 Å². The fourth-order valence-electron chi connectivity index (χ4n) is 1.93. The zero-order valence-corrected chi connectivity index (χ0v) is 13.3. The van der Waals surface area contributed by atoms with Gasteiger partial charge in [-0.2, -0.15) is 4.98 Å². The number of hydrogen-bond acceptors (Lipinski definition) is 6. The third kappa shape index (κ3) is 5.09. The molecule has 0 bridgehead atoms. The van der Waals surface area contributed by atoms with Crippen molar-refractivity contribution in [2.45, 2.75) is 32.2 Å². The number of aromatic nitrogens is 2. The number of non-ortho nitro benzene ring substituents is 1. The summed E-state index contributed by atoms with van der Waals surface area (Å²) in [5.74, 6) is 1.23. The van der Waals surface area contributed by atoms with E-state index in [1.807, 2.05) is 20.0 Å². The normalized spacial score (nSPS) is 11.7. The number of halogens is 1. The van der Waals surface area contributed by atoms with E-state index in [1.54, 1.807) is 12.1 Å². The Bertz CT molecular complexity index is 618. The minimum atomic E-state index is -0.395. The number of hydrogen-bond donors (Lipinski definition) is 1. The predicted octanol–water partition coefficient (Wildman–Crippen LogP) is 2.34. The fraction of sp³-hybridized carbons (Fsp3) is 0.429. The van der Waals surface area contributed by atoms with Gasteiger partial charge in [0.05, 0.1) is 4.92 Å². The largest absolute Gasteiger partial charge is 0.339 e. The van der Waals surface area contributed by atoms with Crippen molar-refractivity contribution in [2.24, 2.45) is 0 Å². The quantitative estimate of drug-likeness (QED) is 0.620. The monoisotopic (exact) mass is 326 g/mol. The SMILES string of the molecule is CNC(C)Cc1noc(CCc2cccc([N+](=O)[O-])c2)n1.Cl. The zero-order valence-electron chi connectivity index (χ0n) is 12.5. The Hall–Kier alpha value is -1.99. The van der Waals surface area contributed by atoms with Gasteiger partial charge in [0.25, 0.3) is 5.69 Å². The van der Waals surface area contributed by atoms with Crippen molar-refractivity contribution in [3.05, 3.63) is 51.7 Å². The van der Waals surface area contributed by atoms with E-state index in [4.69, 9.17) is 4.52 Å². The first kappa shape index (κ1) is 18.1. The summed E-state index contributed by atoms with van der Waals surface area (Å²) in [5, 5.41) is 17.8. The number of rotatable bonds is 7. The van der Waals surface area contributed by atoms with Gasteiger partial charge in [-0.05, 0) is 26.0 Å². The minimum Gasteiger partial charge on any atom is -0.339 e. The first-order valence-corrected chi connectivity index (χ1v) is 6.80. The highest BCUT2D eigenvalue weighted by Gasteiger charge is 2.10. The highest BCUT2D eigenvalue weighted by molar-refractivity contribution is 5.85. The predicted molar refractivity (Wildman–Crippen MR) is 84.3 cm³/mol. The van der Waals surface area contributed by atoms with Crippen molar-refractivity contribution in [3.8, 4) is 0 Å². The molecule has 1 aromatic heterocycles. The Balaban J connectivity index is 0.00000242. The van der Waals surface area contributed by atoms with E-state index in [0.717, 1.165) is 5.56 Å². The van der Waals surface area contributed by atoms with Crippen molar-refractivity contribution < 1.29 is 9.45 Å². The summed E-state index contributed by atoms with van der Waals surface area (Å²) in [5.41, 5.74) is 0.981. The van der Waals surface area contributed by atoms with Gasteiger partial charge in [0.15, 0.2) is 5.82 Å². The average Bonchev–Trinajstić information content (AvgIpc) is 2.92. The molecule has 0 saturated heterocycles. The first-order chi connectivity index (χ1) is 10.1. The second kappa shape index (κ2) is 8.45. The average molecular weight is 327 g/mol. The highest BCUT2D eigenvalue weighted by Crippen LogP contribution is 2.15. The molecule has 1 atom stereocenters. The number of benzene rings is 1. The van der Waals surface area contributed by atoms with Gasteiger partial charge < -0.3 is 9.84 Å². The Kier molecular flexibility index (Phi) is 6.94. The van der Waals surface area contributed by atoms with Crippen LogP contribution in [0.4, 0.5) is 5.69 Å². The van der Waals surface area contributed by atoms with Crippen LogP contribution in [-0.2, 0) is 19.3 Å². The van der Waals surface area contributed by atoms with E-state index in [0.29, 0.717) is 31.0 Å². The van der Waals surface area contributed by atoms with Gasteiger partial charge in [0, 0.05) is 31.0 Å². The Labute approximate surface area is 134 Å². The molecule has 0 aliphatic rings. The molecule has 1 heterocycles. The topological polar surface area (TPSA) is 94.1 Å². The molecule has 22 heavy (non-hydrogen) atoms. The first-order valence-electron chi connectivity index (χ1n) is 6.80. The Morgan fingerprint density at radius 1 is 1.41 bits per heavy atom. The molecule has 0 aliphatic carbocycles. The van der Waals surface area contributed by atoms with Gasteiger partial charge in [-0.3, -0.25) is 10.1 Å². The minimum absolute atomic E-state index is 0. The lowest BCUT2D eigenvalue weighted by atomic mass is 10.1. The van der Waals surface area contributed by atoms with Gasteiger partial charge in [-0.25, -0.2) is 0 Å². The molecule has 8 heteroatoms. The second-order valence-corrected chi connectivity index (χ2v) is 4.93. The third-order valence-corrected chi connectivity index (χ3v) is 3.24. The van der Waals surface area contributed by atoms with Gasteiger partial charge in [-0.15, -0.1) is 12.4 Å². The van der Waals surface area contributed by atoms with E-state index in [9.17, 15) is 10.1 Å². The van der Waals surface area contributed by atoms with Crippen LogP contribution in [-0.4, -0.2) is 28.2 Å². The number of nitrogens with zero attached hydrogens (tertiary/aromatic N) is 3. The van der Waals surface area contributed by atoms with Crippen LogP contribution in [0.3, 0.4) is 0 Å². The molecule has 2 aromatic rings. The maximum Gasteiger partial charge on any atom is 0.269 e. The van der Waals surface area contributed by atoms with Crippen LogP contribution in [0, 0.1) is 10.1 Å². The lowest BCUT2D eigenvalue weighted by molar-refractivity contribution is -0.384. The molecular weight excluding hydrogens is 308 g/mol. The molecule has 1 aromatic carbocycles. The summed E-state index contributed by atoms with van der Waals surface area (Å²) in [6.07, 6.45) is 1.91. The highest BCUT2D eigenvalue weighted by atomic mass is 35.5. The maximum absolute atomic E-state index is 10.7. The van der Waals surface area contributed by atoms with Crippen molar-refractivity contribution >= 4 is 18.1 Å². The van der Waals surface area contributed by atoms with Crippen molar-refractivity contribution in [3.63, 3.8) is 0 Å². The molecule has 0 radical (unpaired) electrons. The summed E-state index contributed by atoms with van der Waals surface area (Å²) in [6, 6.07) is 6.87. The zero-order chi connectivity index (χ0) is 15.2. The molecule has 0 spiro atoms. The van der Waals surface area contributed by atoms with Crippen LogP contribution in [0.2, 0.25) is 0 Å². The van der Waals surface area contributed by atoms with Crippen LogP contribution in [0.1, 0.15) is 24.2 Å². The molecular formula is C14H19ClN4O3. The lowest BCUT2D eigenvalue weighted by Crippen LogP contribution is -2.24. The lowest BCUT2D eigenvalue weighted by Gasteiger charge is -2.04. The van der Waals surface area contributed by atoms with E-state index in [-0.39, 0.29) is 24.1 Å². The number of nitro groups is 1. The van der Waals surface area contributed by atoms with Gasteiger partial charge in [-0.1, -0.05) is 17.3 Å². The summed E-state index contributed by atoms with van der Waals surface area (Å²) < 4.78 is 5.19. The maximum atomic E-state index is 10.7. The molecule has 0 amide bonds. The number of aryl methyl sites for hydroxylation is 2.